The summed E-state index contributed by atoms with van der Waals surface area (Å²) in [7, 11) is 1.80. The number of likely N-dealkylation sites (N-methyl/N-ethyl adjacent to an activating group) is 1. The molecule has 0 aliphatic carbocycles. The Hall–Kier alpha value is -1.80. The predicted octanol–water partition coefficient (Wildman–Crippen LogP) is 2.57. The summed E-state index contributed by atoms with van der Waals surface area (Å²) in [4.78, 5) is 14.7. The quantitative estimate of drug-likeness (QED) is 0.858. The second-order valence-corrected chi connectivity index (χ2v) is 6.01. The van der Waals surface area contributed by atoms with Crippen molar-refractivity contribution in [3.8, 4) is 5.75 Å². The summed E-state index contributed by atoms with van der Waals surface area (Å²) in [6.45, 7) is 2.11. The van der Waals surface area contributed by atoms with E-state index in [0.29, 0.717) is 6.54 Å². The van der Waals surface area contributed by atoms with E-state index in [4.69, 9.17) is 5.11 Å². The van der Waals surface area contributed by atoms with Crippen LogP contribution in [-0.4, -0.2) is 60.0 Å². The molecule has 1 heterocycles. The van der Waals surface area contributed by atoms with Crippen LogP contribution in [0.25, 0.3) is 0 Å². The van der Waals surface area contributed by atoms with Crippen molar-refractivity contribution in [1.29, 1.82) is 0 Å². The van der Waals surface area contributed by atoms with Crippen molar-refractivity contribution < 1.29 is 27.8 Å². The molecule has 1 N–H and O–H groups in total. The van der Waals surface area contributed by atoms with E-state index in [0.717, 1.165) is 31.5 Å². The average Bonchev–Trinajstić information content (AvgIpc) is 2.45. The van der Waals surface area contributed by atoms with E-state index in [2.05, 4.69) is 9.64 Å². The van der Waals surface area contributed by atoms with Crippen molar-refractivity contribution in [3.05, 3.63) is 29.8 Å². The molecule has 1 saturated heterocycles. The highest BCUT2D eigenvalue weighted by Crippen LogP contribution is 2.24. The van der Waals surface area contributed by atoms with Gasteiger partial charge in [0.15, 0.2) is 0 Å². The summed E-state index contributed by atoms with van der Waals surface area (Å²) in [6, 6.07) is 6.22. The van der Waals surface area contributed by atoms with Crippen molar-refractivity contribution in [2.24, 2.45) is 0 Å². The minimum absolute atomic E-state index is 0.0154. The number of piperidine rings is 1. The van der Waals surface area contributed by atoms with Crippen molar-refractivity contribution in [2.75, 3.05) is 26.7 Å². The van der Waals surface area contributed by atoms with Gasteiger partial charge in [-0.25, -0.2) is 0 Å². The molecule has 0 unspecified atom stereocenters. The Morgan fingerprint density at radius 2 is 2.04 bits per heavy atom. The minimum Gasteiger partial charge on any atom is -0.480 e. The highest BCUT2D eigenvalue weighted by Gasteiger charge is 2.31. The number of hydrogen-bond acceptors (Lipinski definition) is 4. The third-order valence-corrected chi connectivity index (χ3v) is 4.10. The lowest BCUT2D eigenvalue weighted by Gasteiger charge is -2.36. The maximum absolute atomic E-state index is 12.3. The van der Waals surface area contributed by atoms with E-state index in [-0.39, 0.29) is 18.3 Å². The predicted molar refractivity (Wildman–Crippen MR) is 81.7 cm³/mol. The first-order valence-electron chi connectivity index (χ1n) is 7.72. The Balaban J connectivity index is 1.85. The lowest BCUT2D eigenvalue weighted by atomic mass is 10.0. The van der Waals surface area contributed by atoms with Crippen LogP contribution in [0.4, 0.5) is 13.2 Å². The van der Waals surface area contributed by atoms with E-state index in [1.165, 1.54) is 12.1 Å². The normalized spacial score (nSPS) is 17.2. The van der Waals surface area contributed by atoms with Gasteiger partial charge in [-0.05, 0) is 50.7 Å². The Morgan fingerprint density at radius 3 is 2.62 bits per heavy atom. The Bertz CT molecular complexity index is 558. The lowest BCUT2D eigenvalue weighted by molar-refractivity contribution is -0.274. The number of carboxylic acids is 1. The number of ether oxygens (including phenoxy) is 1. The smallest absolute Gasteiger partial charge is 0.480 e. The highest BCUT2D eigenvalue weighted by atomic mass is 19.4. The van der Waals surface area contributed by atoms with Gasteiger partial charge in [-0.15, -0.1) is 13.2 Å². The largest absolute Gasteiger partial charge is 0.573 e. The summed E-state index contributed by atoms with van der Waals surface area (Å²) in [5.74, 6) is -1.06. The fourth-order valence-electron chi connectivity index (χ4n) is 2.96. The van der Waals surface area contributed by atoms with Crippen LogP contribution in [0.15, 0.2) is 24.3 Å². The van der Waals surface area contributed by atoms with Gasteiger partial charge < -0.3 is 9.84 Å². The summed E-state index contributed by atoms with van der Waals surface area (Å²) in [5, 5.41) is 8.82. The van der Waals surface area contributed by atoms with Gasteiger partial charge in [0.05, 0.1) is 6.54 Å². The summed E-state index contributed by atoms with van der Waals surface area (Å²) in [6.07, 6.45) is -3.02. The van der Waals surface area contributed by atoms with Crippen LogP contribution in [0.3, 0.4) is 0 Å². The third kappa shape index (κ3) is 6.01. The number of carbonyl (C=O) groups is 1. The number of halogens is 3. The fourth-order valence-corrected chi connectivity index (χ4v) is 2.96. The van der Waals surface area contributed by atoms with Crippen LogP contribution in [-0.2, 0) is 11.3 Å². The van der Waals surface area contributed by atoms with Gasteiger partial charge in [0, 0.05) is 12.6 Å². The van der Waals surface area contributed by atoms with Crippen LogP contribution >= 0.6 is 0 Å². The maximum Gasteiger partial charge on any atom is 0.573 e. The molecule has 0 radical (unpaired) electrons. The topological polar surface area (TPSA) is 53.0 Å². The summed E-state index contributed by atoms with van der Waals surface area (Å²) >= 11 is 0. The zero-order chi connectivity index (χ0) is 17.7. The molecule has 0 atom stereocenters. The van der Waals surface area contributed by atoms with Gasteiger partial charge in [-0.2, -0.15) is 0 Å². The lowest BCUT2D eigenvalue weighted by Crippen LogP contribution is -2.44. The van der Waals surface area contributed by atoms with Crippen LogP contribution in [0.5, 0.6) is 5.75 Å². The fraction of sp³-hybridized carbons (Fsp3) is 0.562. The molecule has 0 aromatic heterocycles. The monoisotopic (exact) mass is 346 g/mol. The molecule has 2 rings (SSSR count). The molecule has 0 bridgehead atoms. The van der Waals surface area contributed by atoms with E-state index < -0.39 is 12.3 Å². The number of aliphatic carboxylic acids is 1. The molecule has 1 aliphatic heterocycles. The first-order valence-corrected chi connectivity index (χ1v) is 7.72. The zero-order valence-corrected chi connectivity index (χ0v) is 13.4. The molecule has 134 valence electrons. The van der Waals surface area contributed by atoms with Crippen molar-refractivity contribution in [1.82, 2.24) is 9.80 Å². The Labute approximate surface area is 138 Å². The highest BCUT2D eigenvalue weighted by molar-refractivity contribution is 5.69. The number of rotatable bonds is 6. The van der Waals surface area contributed by atoms with Gasteiger partial charge in [0.1, 0.15) is 5.75 Å². The van der Waals surface area contributed by atoms with Gasteiger partial charge >= 0.3 is 12.3 Å². The Morgan fingerprint density at radius 1 is 1.38 bits per heavy atom. The van der Waals surface area contributed by atoms with E-state index in [9.17, 15) is 18.0 Å². The second kappa shape index (κ2) is 7.85. The van der Waals surface area contributed by atoms with Gasteiger partial charge in [0.2, 0.25) is 0 Å². The molecule has 1 aromatic carbocycles. The third-order valence-electron chi connectivity index (χ3n) is 4.10. The van der Waals surface area contributed by atoms with E-state index in [1.54, 1.807) is 19.2 Å². The van der Waals surface area contributed by atoms with Gasteiger partial charge in [-0.1, -0.05) is 12.1 Å². The molecule has 0 spiro atoms. The van der Waals surface area contributed by atoms with E-state index >= 15 is 0 Å². The molecule has 24 heavy (non-hydrogen) atoms. The van der Waals surface area contributed by atoms with Crippen molar-refractivity contribution in [3.63, 3.8) is 0 Å². The molecule has 1 fully saturated rings. The summed E-state index contributed by atoms with van der Waals surface area (Å²) < 4.78 is 40.7. The van der Waals surface area contributed by atoms with Crippen molar-refractivity contribution >= 4 is 5.97 Å². The number of nitrogens with zero attached hydrogens (tertiary/aromatic N) is 2. The van der Waals surface area contributed by atoms with Crippen LogP contribution < -0.4 is 4.74 Å². The number of hydrogen-bond donors (Lipinski definition) is 1. The van der Waals surface area contributed by atoms with Crippen LogP contribution in [0.1, 0.15) is 18.4 Å². The first kappa shape index (κ1) is 18.5. The number of benzene rings is 1. The average molecular weight is 346 g/mol. The number of carboxylic acid groups (broad SMARTS) is 1. The van der Waals surface area contributed by atoms with Crippen LogP contribution in [0, 0.1) is 0 Å². The molecular weight excluding hydrogens is 325 g/mol. The molecule has 8 heteroatoms. The number of likely N-dealkylation sites (tertiary alicyclic amines) is 1. The van der Waals surface area contributed by atoms with Crippen LogP contribution in [0.2, 0.25) is 0 Å². The molecule has 0 amide bonds. The molecule has 1 aromatic rings. The van der Waals surface area contributed by atoms with Crippen molar-refractivity contribution in [2.45, 2.75) is 31.8 Å². The summed E-state index contributed by atoms with van der Waals surface area (Å²) in [5.41, 5.74) is 0.758. The molecular formula is C16H21F3N2O3. The Kier molecular flexibility index (Phi) is 6.06. The minimum atomic E-state index is -4.69. The zero-order valence-electron chi connectivity index (χ0n) is 13.4. The number of alkyl halides is 3. The second-order valence-electron chi connectivity index (χ2n) is 6.01. The standard InChI is InChI=1S/C16H21F3N2O3/c1-20(11-15(22)23)13-5-7-21(8-6-13)10-12-3-2-4-14(9-12)24-16(17,18)19/h2-4,9,13H,5-8,10-11H2,1H3,(H,22,23). The van der Waals surface area contributed by atoms with E-state index in [1.807, 2.05) is 4.90 Å². The van der Waals surface area contributed by atoms with Gasteiger partial charge in [0.25, 0.3) is 0 Å². The molecule has 0 saturated carbocycles. The maximum atomic E-state index is 12.3. The molecule has 1 aliphatic rings. The SMILES string of the molecule is CN(CC(=O)O)C1CCN(Cc2cccc(OC(F)(F)F)c2)CC1. The molecule has 5 nitrogen and oxygen atoms in total. The van der Waals surface area contributed by atoms with Gasteiger partial charge in [-0.3, -0.25) is 14.6 Å². The first-order chi connectivity index (χ1) is 11.2.